The molecule has 1 aliphatic carbocycles. The molecule has 0 spiro atoms. The van der Waals surface area contributed by atoms with Gasteiger partial charge in [-0.3, -0.25) is 4.79 Å². The van der Waals surface area contributed by atoms with Gasteiger partial charge >= 0.3 is 0 Å². The molecule has 0 bridgehead atoms. The van der Waals surface area contributed by atoms with Crippen LogP contribution in [-0.2, 0) is 0 Å². The van der Waals surface area contributed by atoms with Crippen molar-refractivity contribution in [1.29, 1.82) is 0 Å². The molecule has 2 nitrogen and oxygen atoms in total. The van der Waals surface area contributed by atoms with Gasteiger partial charge in [0.15, 0.2) is 5.78 Å². The van der Waals surface area contributed by atoms with E-state index in [9.17, 15) is 4.79 Å². The molecule has 132 valence electrons. The van der Waals surface area contributed by atoms with E-state index in [2.05, 4.69) is 20.8 Å². The lowest BCUT2D eigenvalue weighted by Gasteiger charge is -2.37. The van der Waals surface area contributed by atoms with E-state index in [0.29, 0.717) is 17.4 Å². The Hall–Kier alpha value is -2.09. The van der Waals surface area contributed by atoms with E-state index in [1.807, 2.05) is 54.6 Å². The Morgan fingerprint density at radius 1 is 0.960 bits per heavy atom. The molecule has 3 atom stereocenters. The second kappa shape index (κ2) is 7.86. The van der Waals surface area contributed by atoms with Crippen molar-refractivity contribution in [2.24, 2.45) is 17.8 Å². The summed E-state index contributed by atoms with van der Waals surface area (Å²) in [5.41, 5.74) is 1.42. The first-order valence-corrected chi connectivity index (χ1v) is 9.41. The van der Waals surface area contributed by atoms with Gasteiger partial charge in [-0.05, 0) is 54.9 Å². The first kappa shape index (κ1) is 17.7. The minimum atomic E-state index is 0.0542. The van der Waals surface area contributed by atoms with Crippen molar-refractivity contribution >= 4 is 5.78 Å². The van der Waals surface area contributed by atoms with Gasteiger partial charge in [0.1, 0.15) is 11.9 Å². The molecule has 1 fully saturated rings. The van der Waals surface area contributed by atoms with Crippen molar-refractivity contribution in [3.8, 4) is 5.75 Å². The van der Waals surface area contributed by atoms with Gasteiger partial charge in [0.25, 0.3) is 0 Å². The maximum Gasteiger partial charge on any atom is 0.193 e. The van der Waals surface area contributed by atoms with E-state index >= 15 is 0 Å². The number of rotatable bonds is 5. The van der Waals surface area contributed by atoms with Crippen molar-refractivity contribution in [2.45, 2.75) is 46.1 Å². The van der Waals surface area contributed by atoms with Crippen molar-refractivity contribution in [1.82, 2.24) is 0 Å². The molecule has 0 radical (unpaired) electrons. The van der Waals surface area contributed by atoms with Crippen LogP contribution in [0.2, 0.25) is 0 Å². The van der Waals surface area contributed by atoms with Gasteiger partial charge in [-0.1, -0.05) is 57.5 Å². The Balaban J connectivity index is 1.70. The highest BCUT2D eigenvalue weighted by Crippen LogP contribution is 2.36. The van der Waals surface area contributed by atoms with Crippen LogP contribution in [0, 0.1) is 17.8 Å². The summed E-state index contributed by atoms with van der Waals surface area (Å²) in [6.45, 7) is 6.89. The van der Waals surface area contributed by atoms with Crippen LogP contribution in [0.1, 0.15) is 56.0 Å². The lowest BCUT2D eigenvalue weighted by Crippen LogP contribution is -2.36. The van der Waals surface area contributed by atoms with E-state index in [4.69, 9.17) is 4.74 Å². The van der Waals surface area contributed by atoms with Gasteiger partial charge in [-0.2, -0.15) is 0 Å². The topological polar surface area (TPSA) is 26.3 Å². The third kappa shape index (κ3) is 4.31. The van der Waals surface area contributed by atoms with Crippen LogP contribution in [-0.4, -0.2) is 11.9 Å². The summed E-state index contributed by atoms with van der Waals surface area (Å²) >= 11 is 0. The molecule has 0 amide bonds. The van der Waals surface area contributed by atoms with Crippen LogP contribution in [0.15, 0.2) is 54.6 Å². The maximum atomic E-state index is 12.5. The summed E-state index contributed by atoms with van der Waals surface area (Å²) in [5, 5.41) is 0. The summed E-state index contributed by atoms with van der Waals surface area (Å²) in [6.07, 6.45) is 3.94. The Labute approximate surface area is 151 Å². The van der Waals surface area contributed by atoms with Gasteiger partial charge in [-0.25, -0.2) is 0 Å². The molecule has 25 heavy (non-hydrogen) atoms. The van der Waals surface area contributed by atoms with E-state index < -0.39 is 0 Å². The average Bonchev–Trinajstić information content (AvgIpc) is 2.62. The highest BCUT2D eigenvalue weighted by Gasteiger charge is 2.32. The van der Waals surface area contributed by atoms with Crippen molar-refractivity contribution in [3.63, 3.8) is 0 Å². The van der Waals surface area contributed by atoms with E-state index in [1.165, 1.54) is 12.8 Å². The zero-order chi connectivity index (χ0) is 17.8. The highest BCUT2D eigenvalue weighted by atomic mass is 16.5. The standard InChI is InChI=1S/C23H28O2/c1-16(2)21-14-9-17(3)15-22(21)25-20-12-10-19(11-13-20)23(24)18-7-5-4-6-8-18/h4-8,10-13,16-17,21-22H,9,14-15H2,1-3H3. The summed E-state index contributed by atoms with van der Waals surface area (Å²) in [6, 6.07) is 17.0. The molecule has 1 saturated carbocycles. The summed E-state index contributed by atoms with van der Waals surface area (Å²) in [5.74, 6) is 2.89. The monoisotopic (exact) mass is 336 g/mol. The van der Waals surface area contributed by atoms with Gasteiger partial charge < -0.3 is 4.74 Å². The molecule has 0 heterocycles. The molecular weight excluding hydrogens is 308 g/mol. The van der Waals surface area contributed by atoms with Crippen molar-refractivity contribution < 1.29 is 9.53 Å². The van der Waals surface area contributed by atoms with Crippen LogP contribution in [0.25, 0.3) is 0 Å². The van der Waals surface area contributed by atoms with Gasteiger partial charge in [0.05, 0.1) is 0 Å². The van der Waals surface area contributed by atoms with Crippen molar-refractivity contribution in [2.75, 3.05) is 0 Å². The first-order chi connectivity index (χ1) is 12.0. The zero-order valence-electron chi connectivity index (χ0n) is 15.4. The van der Waals surface area contributed by atoms with Crippen LogP contribution >= 0.6 is 0 Å². The van der Waals surface area contributed by atoms with Crippen LogP contribution in [0.5, 0.6) is 5.75 Å². The smallest absolute Gasteiger partial charge is 0.193 e. The third-order valence-electron chi connectivity index (χ3n) is 5.40. The predicted octanol–water partition coefficient (Wildman–Crippen LogP) is 5.76. The molecule has 2 heteroatoms. The van der Waals surface area contributed by atoms with Gasteiger partial charge in [0.2, 0.25) is 0 Å². The van der Waals surface area contributed by atoms with Gasteiger partial charge in [0, 0.05) is 11.1 Å². The molecular formula is C23H28O2. The number of ketones is 1. The first-order valence-electron chi connectivity index (χ1n) is 9.41. The molecule has 0 aromatic heterocycles. The fraction of sp³-hybridized carbons (Fsp3) is 0.435. The number of carbonyl (C=O) groups excluding carboxylic acids is 1. The van der Waals surface area contributed by atoms with E-state index in [1.54, 1.807) is 0 Å². The Morgan fingerprint density at radius 2 is 1.60 bits per heavy atom. The molecule has 0 saturated heterocycles. The van der Waals surface area contributed by atoms with E-state index in [-0.39, 0.29) is 11.9 Å². The second-order valence-corrected chi connectivity index (χ2v) is 7.70. The molecule has 0 N–H and O–H groups in total. The van der Waals surface area contributed by atoms with Crippen LogP contribution in [0.4, 0.5) is 0 Å². The highest BCUT2D eigenvalue weighted by molar-refractivity contribution is 6.08. The number of benzene rings is 2. The number of carbonyl (C=O) groups is 1. The Bertz CT molecular complexity index is 688. The normalized spacial score (nSPS) is 23.4. The number of hydrogen-bond donors (Lipinski definition) is 0. The lowest BCUT2D eigenvalue weighted by atomic mass is 9.75. The minimum Gasteiger partial charge on any atom is -0.490 e. The average molecular weight is 336 g/mol. The number of ether oxygens (including phenoxy) is 1. The third-order valence-corrected chi connectivity index (χ3v) is 5.40. The fourth-order valence-electron chi connectivity index (χ4n) is 3.87. The number of hydrogen-bond acceptors (Lipinski definition) is 2. The van der Waals surface area contributed by atoms with E-state index in [0.717, 1.165) is 23.7 Å². The minimum absolute atomic E-state index is 0.0542. The van der Waals surface area contributed by atoms with Crippen LogP contribution < -0.4 is 4.74 Å². The summed E-state index contributed by atoms with van der Waals surface area (Å²) in [4.78, 5) is 12.5. The second-order valence-electron chi connectivity index (χ2n) is 7.70. The summed E-state index contributed by atoms with van der Waals surface area (Å²) in [7, 11) is 0. The fourth-order valence-corrected chi connectivity index (χ4v) is 3.87. The zero-order valence-corrected chi connectivity index (χ0v) is 15.4. The Morgan fingerprint density at radius 3 is 2.24 bits per heavy atom. The summed E-state index contributed by atoms with van der Waals surface area (Å²) < 4.78 is 6.33. The lowest BCUT2D eigenvalue weighted by molar-refractivity contribution is 0.0460. The predicted molar refractivity (Wildman–Crippen MR) is 102 cm³/mol. The molecule has 2 aromatic carbocycles. The molecule has 3 rings (SSSR count). The molecule has 1 aliphatic rings. The SMILES string of the molecule is CC1CCC(C(C)C)C(Oc2ccc(C(=O)c3ccccc3)cc2)C1. The largest absolute Gasteiger partial charge is 0.490 e. The van der Waals surface area contributed by atoms with Crippen molar-refractivity contribution in [3.05, 3.63) is 65.7 Å². The van der Waals surface area contributed by atoms with Crippen LogP contribution in [0.3, 0.4) is 0 Å². The molecule has 3 unspecified atom stereocenters. The maximum absolute atomic E-state index is 12.5. The molecule has 0 aliphatic heterocycles. The molecule has 2 aromatic rings. The Kier molecular flexibility index (Phi) is 5.57. The quantitative estimate of drug-likeness (QED) is 0.649. The van der Waals surface area contributed by atoms with Gasteiger partial charge in [-0.15, -0.1) is 0 Å².